The standard InChI is InChI=1S/C30H32N3.C21H22N3.C19H18N3/c1-20(2)27-15-25(24-10-8-7-9-11-24)16-28(21(3)4)30(27)26-18-32(6)33(19-26)29-13-12-23(17-31)14-22(29)5;1-14-7-6-8-15(2)21(14)19-13-24(23(5)17(19)4)20-10-9-18(12-22)11-16(20)3;1-14-11-16(12-20)9-10-19(14)22-13-18(15(2)21(22)3)17-7-5-4-6-8-17/h7-16,18-21H,1-6H3;6-11,13H,1-5H3;4-11,13H,1-3H3/q3*+1. The van der Waals surface area contributed by atoms with Crippen molar-refractivity contribution in [3.8, 4) is 79.8 Å². The van der Waals surface area contributed by atoms with Crippen LogP contribution in [0.3, 0.4) is 0 Å². The zero-order chi connectivity index (χ0) is 56.8. The van der Waals surface area contributed by atoms with E-state index in [1.807, 2.05) is 74.5 Å². The fourth-order valence-electron chi connectivity index (χ4n) is 10.7. The Morgan fingerprint density at radius 3 is 1.32 bits per heavy atom. The molecule has 79 heavy (non-hydrogen) atoms. The smallest absolute Gasteiger partial charge is 0.192 e. The van der Waals surface area contributed by atoms with Gasteiger partial charge in [-0.2, -0.15) is 25.1 Å². The molecule has 0 aliphatic rings. The Morgan fingerprint density at radius 2 is 0.861 bits per heavy atom. The van der Waals surface area contributed by atoms with E-state index in [-0.39, 0.29) is 0 Å². The molecular formula is C70H72N9+3. The Hall–Kier alpha value is -9.36. The summed E-state index contributed by atoms with van der Waals surface area (Å²) in [7, 11) is 6.20. The first-order chi connectivity index (χ1) is 37.8. The molecule has 0 saturated carbocycles. The average Bonchev–Trinajstić information content (AvgIpc) is 4.15. The molecule has 10 rings (SSSR count). The number of aromatic nitrogens is 6. The first kappa shape index (κ1) is 55.9. The molecular weight excluding hydrogens is 967 g/mol. The van der Waals surface area contributed by atoms with Crippen LogP contribution in [0.2, 0.25) is 0 Å². The first-order valence-corrected chi connectivity index (χ1v) is 27.0. The summed E-state index contributed by atoms with van der Waals surface area (Å²) in [6, 6.07) is 56.3. The largest absolute Gasteiger partial charge is 0.238 e. The van der Waals surface area contributed by atoms with E-state index in [0.29, 0.717) is 28.5 Å². The zero-order valence-electron chi connectivity index (χ0n) is 48.3. The summed E-state index contributed by atoms with van der Waals surface area (Å²) >= 11 is 0. The van der Waals surface area contributed by atoms with Gasteiger partial charge >= 0.3 is 0 Å². The Balaban J connectivity index is 0.000000160. The van der Waals surface area contributed by atoms with Gasteiger partial charge in [-0.1, -0.05) is 128 Å². The summed E-state index contributed by atoms with van der Waals surface area (Å²) in [6.07, 6.45) is 8.79. The second kappa shape index (κ2) is 23.9. The summed E-state index contributed by atoms with van der Waals surface area (Å²) in [5, 5.41) is 27.3. The molecule has 9 nitrogen and oxygen atoms in total. The molecule has 394 valence electrons. The van der Waals surface area contributed by atoms with Crippen LogP contribution in [-0.2, 0) is 21.1 Å². The molecule has 0 unspecified atom stereocenters. The molecule has 9 heteroatoms. The summed E-state index contributed by atoms with van der Waals surface area (Å²) in [4.78, 5) is 0. The van der Waals surface area contributed by atoms with Crippen LogP contribution in [0.4, 0.5) is 0 Å². The number of benzene rings is 7. The van der Waals surface area contributed by atoms with Crippen molar-refractivity contribution in [1.29, 1.82) is 15.8 Å². The number of nitriles is 3. The number of rotatable bonds is 9. The van der Waals surface area contributed by atoms with Crippen LogP contribution in [0.5, 0.6) is 0 Å². The third kappa shape index (κ3) is 11.7. The lowest BCUT2D eigenvalue weighted by Gasteiger charge is -2.20. The molecule has 0 spiro atoms. The maximum atomic E-state index is 9.24. The molecule has 0 atom stereocenters. The van der Waals surface area contributed by atoms with E-state index in [1.165, 1.54) is 78.1 Å². The van der Waals surface area contributed by atoms with Crippen molar-refractivity contribution in [3.63, 3.8) is 0 Å². The lowest BCUT2D eigenvalue weighted by molar-refractivity contribution is -0.744. The predicted molar refractivity (Wildman–Crippen MR) is 318 cm³/mol. The van der Waals surface area contributed by atoms with Gasteiger partial charge in [0.05, 0.1) is 83.3 Å². The van der Waals surface area contributed by atoms with Crippen LogP contribution >= 0.6 is 0 Å². The maximum absolute atomic E-state index is 9.24. The quantitative estimate of drug-likeness (QED) is 0.135. The summed E-state index contributed by atoms with van der Waals surface area (Å²) in [6.45, 7) is 23.8. The summed E-state index contributed by atoms with van der Waals surface area (Å²) in [5.41, 5.74) is 26.4. The fraction of sp³-hybridized carbons (Fsp3) is 0.229. The summed E-state index contributed by atoms with van der Waals surface area (Å²) in [5.74, 6) is 0.790. The molecule has 7 aromatic carbocycles. The fourth-order valence-corrected chi connectivity index (χ4v) is 10.7. The molecule has 10 aromatic rings. The third-order valence-corrected chi connectivity index (χ3v) is 15.2. The van der Waals surface area contributed by atoms with Gasteiger partial charge in [0.1, 0.15) is 5.69 Å². The van der Waals surface area contributed by atoms with E-state index in [9.17, 15) is 5.26 Å². The van der Waals surface area contributed by atoms with Crippen LogP contribution in [0.15, 0.2) is 170 Å². The van der Waals surface area contributed by atoms with Gasteiger partial charge in [-0.05, 0) is 158 Å². The number of hydrogen-bond acceptors (Lipinski definition) is 3. The van der Waals surface area contributed by atoms with Crippen LogP contribution in [-0.4, -0.2) is 14.0 Å². The van der Waals surface area contributed by atoms with E-state index in [4.69, 9.17) is 10.5 Å². The van der Waals surface area contributed by atoms with Crippen molar-refractivity contribution in [2.75, 3.05) is 0 Å². The van der Waals surface area contributed by atoms with E-state index < -0.39 is 0 Å². The highest BCUT2D eigenvalue weighted by atomic mass is 15.4. The molecule has 0 saturated heterocycles. The van der Waals surface area contributed by atoms with E-state index in [1.54, 1.807) is 0 Å². The minimum atomic E-state index is 0.395. The Morgan fingerprint density at radius 1 is 0.418 bits per heavy atom. The molecule has 0 amide bonds. The molecule has 3 aromatic heterocycles. The Kier molecular flexibility index (Phi) is 16.9. The summed E-state index contributed by atoms with van der Waals surface area (Å²) < 4.78 is 12.9. The SMILES string of the molecule is Cc1cc(C#N)ccc1-[n+]1cc(-c2c(C)cccc2C)c(C)n1C.Cc1cc(C#N)ccc1-[n+]1cc(-c2ccccc2)c(C)n1C.Cc1cc(C#N)ccc1-n1cc(-c2c(C(C)C)cc(-c3ccccc3)cc2C(C)C)c[n+]1C. The van der Waals surface area contributed by atoms with Gasteiger partial charge in [-0.15, -0.1) is 9.36 Å². The third-order valence-electron chi connectivity index (χ3n) is 15.2. The highest BCUT2D eigenvalue weighted by Gasteiger charge is 2.26. The van der Waals surface area contributed by atoms with Crippen molar-refractivity contribution in [2.24, 2.45) is 21.1 Å². The van der Waals surface area contributed by atoms with Crippen LogP contribution < -0.4 is 14.0 Å². The number of nitrogens with zero attached hydrogens (tertiary/aromatic N) is 9. The van der Waals surface area contributed by atoms with Gasteiger partial charge in [0, 0.05) is 23.3 Å². The van der Waals surface area contributed by atoms with Crippen molar-refractivity contribution >= 4 is 0 Å². The van der Waals surface area contributed by atoms with E-state index >= 15 is 0 Å². The first-order valence-electron chi connectivity index (χ1n) is 27.0. The van der Waals surface area contributed by atoms with Crippen molar-refractivity contribution in [1.82, 2.24) is 14.0 Å². The molecule has 0 aliphatic carbocycles. The van der Waals surface area contributed by atoms with Crippen molar-refractivity contribution in [2.45, 2.75) is 88.0 Å². The van der Waals surface area contributed by atoms with E-state index in [0.717, 1.165) is 33.8 Å². The maximum Gasteiger partial charge on any atom is 0.238 e. The zero-order valence-corrected chi connectivity index (χ0v) is 48.3. The Bertz CT molecular complexity index is 3940. The van der Waals surface area contributed by atoms with Crippen LogP contribution in [0.1, 0.15) is 107 Å². The highest BCUT2D eigenvalue weighted by Crippen LogP contribution is 2.40. The lowest BCUT2D eigenvalue weighted by Crippen LogP contribution is -2.39. The average molecular weight is 1040 g/mol. The minimum absolute atomic E-state index is 0.395. The second-order valence-corrected chi connectivity index (χ2v) is 21.3. The lowest BCUT2D eigenvalue weighted by atomic mass is 9.83. The monoisotopic (exact) mass is 1040 g/mol. The molecule has 0 aliphatic heterocycles. The van der Waals surface area contributed by atoms with Gasteiger partial charge in [0.15, 0.2) is 7.05 Å². The van der Waals surface area contributed by atoms with Gasteiger partial charge in [0.2, 0.25) is 30.0 Å². The minimum Gasteiger partial charge on any atom is -0.192 e. The number of aryl methyl sites for hydroxylation is 6. The Labute approximate surface area is 468 Å². The molecule has 0 fully saturated rings. The van der Waals surface area contributed by atoms with Crippen LogP contribution in [0, 0.1) is 82.5 Å². The normalized spacial score (nSPS) is 10.8. The van der Waals surface area contributed by atoms with Gasteiger partial charge in [0.25, 0.3) is 0 Å². The topological polar surface area (TPSA) is 97.8 Å². The van der Waals surface area contributed by atoms with Gasteiger partial charge < -0.3 is 0 Å². The van der Waals surface area contributed by atoms with Crippen molar-refractivity contribution in [3.05, 3.63) is 237 Å². The number of hydrogen-bond donors (Lipinski definition) is 0. The van der Waals surface area contributed by atoms with Gasteiger partial charge in [-0.25, -0.2) is 0 Å². The molecule has 0 radical (unpaired) electrons. The highest BCUT2D eigenvalue weighted by molar-refractivity contribution is 5.78. The van der Waals surface area contributed by atoms with Crippen LogP contribution in [0.25, 0.3) is 61.6 Å². The van der Waals surface area contributed by atoms with E-state index in [2.05, 4.69) is 239 Å². The predicted octanol–water partition coefficient (Wildman–Crippen LogP) is 14.6. The molecule has 0 bridgehead atoms. The second-order valence-electron chi connectivity index (χ2n) is 21.3. The molecule has 0 N–H and O–H groups in total. The van der Waals surface area contributed by atoms with Gasteiger partial charge in [-0.3, -0.25) is 0 Å². The van der Waals surface area contributed by atoms with Crippen molar-refractivity contribution < 1.29 is 14.0 Å². The molecule has 3 heterocycles.